The van der Waals surface area contributed by atoms with Crippen molar-refractivity contribution in [2.75, 3.05) is 19.6 Å². The van der Waals surface area contributed by atoms with Crippen molar-refractivity contribution in [3.8, 4) is 0 Å². The van der Waals surface area contributed by atoms with Gasteiger partial charge in [-0.05, 0) is 31.5 Å². The molecule has 1 atom stereocenters. The summed E-state index contributed by atoms with van der Waals surface area (Å²) in [6.07, 6.45) is 6.26. The number of hydrogen-bond donors (Lipinski definition) is 1. The van der Waals surface area contributed by atoms with Crippen LogP contribution in [0.5, 0.6) is 0 Å². The molecule has 0 aromatic carbocycles. The van der Waals surface area contributed by atoms with Crippen LogP contribution in [0.2, 0.25) is 0 Å². The van der Waals surface area contributed by atoms with Crippen molar-refractivity contribution in [1.82, 2.24) is 20.1 Å². The summed E-state index contributed by atoms with van der Waals surface area (Å²) in [5.41, 5.74) is 2.08. The van der Waals surface area contributed by atoms with Crippen molar-refractivity contribution in [2.24, 2.45) is 0 Å². The summed E-state index contributed by atoms with van der Waals surface area (Å²) in [5, 5.41) is 8.05. The molecule has 0 radical (unpaired) electrons. The zero-order valence-corrected chi connectivity index (χ0v) is 10.5. The number of likely N-dealkylation sites (tertiary alicyclic amines) is 1. The molecule has 18 heavy (non-hydrogen) atoms. The van der Waals surface area contributed by atoms with Gasteiger partial charge in [0.05, 0.1) is 6.20 Å². The summed E-state index contributed by atoms with van der Waals surface area (Å²) in [5.74, 6) is 0.534. The molecule has 4 nitrogen and oxygen atoms in total. The molecule has 0 saturated carbocycles. The van der Waals surface area contributed by atoms with Crippen molar-refractivity contribution in [2.45, 2.75) is 18.8 Å². The van der Waals surface area contributed by atoms with E-state index in [0.29, 0.717) is 5.92 Å². The highest BCUT2D eigenvalue weighted by Gasteiger charge is 2.21. The van der Waals surface area contributed by atoms with Crippen molar-refractivity contribution in [1.29, 1.82) is 0 Å². The van der Waals surface area contributed by atoms with E-state index in [0.717, 1.165) is 24.1 Å². The van der Waals surface area contributed by atoms with Gasteiger partial charge in [-0.1, -0.05) is 6.08 Å². The lowest BCUT2D eigenvalue weighted by atomic mass is 9.94. The largest absolute Gasteiger partial charge is 0.299 e. The van der Waals surface area contributed by atoms with E-state index in [1.807, 2.05) is 12.3 Å². The number of fused-ring (bicyclic) bond motifs is 1. The van der Waals surface area contributed by atoms with Crippen LogP contribution in [0.15, 0.2) is 31.0 Å². The first kappa shape index (κ1) is 11.4. The van der Waals surface area contributed by atoms with Gasteiger partial charge < -0.3 is 0 Å². The lowest BCUT2D eigenvalue weighted by Gasteiger charge is -2.31. The summed E-state index contributed by atoms with van der Waals surface area (Å²) >= 11 is 0. The van der Waals surface area contributed by atoms with Gasteiger partial charge in [0.15, 0.2) is 5.65 Å². The molecule has 1 saturated heterocycles. The van der Waals surface area contributed by atoms with Gasteiger partial charge in [-0.25, -0.2) is 4.98 Å². The molecule has 2 aromatic rings. The first-order chi connectivity index (χ1) is 8.86. The maximum Gasteiger partial charge on any atom is 0.155 e. The third-order valence-corrected chi connectivity index (χ3v) is 3.63. The molecule has 2 aromatic heterocycles. The van der Waals surface area contributed by atoms with E-state index in [1.54, 1.807) is 0 Å². The molecule has 0 spiro atoms. The Morgan fingerprint density at radius 1 is 1.50 bits per heavy atom. The molecule has 3 rings (SSSR count). The number of H-pyrrole nitrogens is 1. The van der Waals surface area contributed by atoms with Gasteiger partial charge in [0.25, 0.3) is 0 Å². The topological polar surface area (TPSA) is 44.8 Å². The van der Waals surface area contributed by atoms with E-state index < -0.39 is 0 Å². The number of nitrogens with one attached hydrogen (secondary N) is 1. The Kier molecular flexibility index (Phi) is 3.11. The zero-order valence-electron chi connectivity index (χ0n) is 10.5. The molecule has 1 aliphatic rings. The Labute approximate surface area is 107 Å². The Morgan fingerprint density at radius 3 is 3.33 bits per heavy atom. The Hall–Kier alpha value is -1.68. The van der Waals surface area contributed by atoms with Crippen molar-refractivity contribution in [3.63, 3.8) is 0 Å². The number of aromatic nitrogens is 3. The quantitative estimate of drug-likeness (QED) is 0.840. The number of hydrogen-bond acceptors (Lipinski definition) is 3. The second kappa shape index (κ2) is 4.90. The van der Waals surface area contributed by atoms with E-state index in [1.165, 1.54) is 25.1 Å². The molecule has 0 bridgehead atoms. The minimum Gasteiger partial charge on any atom is -0.299 e. The summed E-state index contributed by atoms with van der Waals surface area (Å²) in [7, 11) is 0. The molecule has 0 aliphatic carbocycles. The molecule has 0 unspecified atom stereocenters. The van der Waals surface area contributed by atoms with Gasteiger partial charge in [-0.2, -0.15) is 5.10 Å². The SMILES string of the molecule is C=CCN1CCC[C@H](c2ccc3cn[nH]c3n2)C1. The molecular formula is C14H18N4. The molecule has 1 N–H and O–H groups in total. The average Bonchev–Trinajstić information content (AvgIpc) is 2.86. The number of aromatic amines is 1. The summed E-state index contributed by atoms with van der Waals surface area (Å²) in [6.45, 7) is 7.05. The summed E-state index contributed by atoms with van der Waals surface area (Å²) in [6, 6.07) is 4.24. The number of rotatable bonds is 3. The summed E-state index contributed by atoms with van der Waals surface area (Å²) < 4.78 is 0. The van der Waals surface area contributed by atoms with Crippen LogP contribution in [-0.2, 0) is 0 Å². The van der Waals surface area contributed by atoms with Gasteiger partial charge in [-0.3, -0.25) is 10.00 Å². The number of nitrogens with zero attached hydrogens (tertiary/aromatic N) is 3. The zero-order chi connectivity index (χ0) is 12.4. The smallest absolute Gasteiger partial charge is 0.155 e. The van der Waals surface area contributed by atoms with Crippen LogP contribution >= 0.6 is 0 Å². The normalized spacial score (nSPS) is 21.2. The van der Waals surface area contributed by atoms with Gasteiger partial charge in [0, 0.05) is 30.1 Å². The lowest BCUT2D eigenvalue weighted by Crippen LogP contribution is -2.34. The van der Waals surface area contributed by atoms with Crippen LogP contribution < -0.4 is 0 Å². The van der Waals surface area contributed by atoms with Crippen molar-refractivity contribution in [3.05, 3.63) is 36.7 Å². The average molecular weight is 242 g/mol. The first-order valence-corrected chi connectivity index (χ1v) is 6.50. The number of pyridine rings is 1. The Morgan fingerprint density at radius 2 is 2.44 bits per heavy atom. The first-order valence-electron chi connectivity index (χ1n) is 6.50. The highest BCUT2D eigenvalue weighted by Crippen LogP contribution is 2.26. The standard InChI is InChI=1S/C14H18N4/c1-2-7-18-8-3-4-12(10-18)13-6-5-11-9-15-17-14(11)16-13/h2,5-6,9,12H,1,3-4,7-8,10H2,(H,15,16,17)/t12-/m0/s1. The van der Waals surface area contributed by atoms with Crippen LogP contribution in [0.25, 0.3) is 11.0 Å². The van der Waals surface area contributed by atoms with Gasteiger partial charge >= 0.3 is 0 Å². The van der Waals surface area contributed by atoms with Crippen molar-refractivity contribution >= 4 is 11.0 Å². The van der Waals surface area contributed by atoms with E-state index in [4.69, 9.17) is 0 Å². The van der Waals surface area contributed by atoms with E-state index in [-0.39, 0.29) is 0 Å². The van der Waals surface area contributed by atoms with Crippen LogP contribution in [-0.4, -0.2) is 39.7 Å². The molecule has 94 valence electrons. The van der Waals surface area contributed by atoms with Gasteiger partial charge in [0.2, 0.25) is 0 Å². The van der Waals surface area contributed by atoms with Crippen LogP contribution in [0.3, 0.4) is 0 Å². The monoisotopic (exact) mass is 242 g/mol. The molecule has 4 heteroatoms. The molecule has 0 amide bonds. The third kappa shape index (κ3) is 2.16. The third-order valence-electron chi connectivity index (χ3n) is 3.63. The number of piperidine rings is 1. The molecule has 1 fully saturated rings. The fourth-order valence-electron chi connectivity index (χ4n) is 2.71. The van der Waals surface area contributed by atoms with Gasteiger partial charge in [-0.15, -0.1) is 6.58 Å². The lowest BCUT2D eigenvalue weighted by molar-refractivity contribution is 0.226. The molecular weight excluding hydrogens is 224 g/mol. The fraction of sp³-hybridized carbons (Fsp3) is 0.429. The van der Waals surface area contributed by atoms with E-state index in [2.05, 4.69) is 38.8 Å². The molecule has 1 aliphatic heterocycles. The highest BCUT2D eigenvalue weighted by atomic mass is 15.1. The van der Waals surface area contributed by atoms with Gasteiger partial charge in [0.1, 0.15) is 0 Å². The minimum absolute atomic E-state index is 0.534. The Balaban J connectivity index is 1.82. The second-order valence-electron chi connectivity index (χ2n) is 4.93. The fourth-order valence-corrected chi connectivity index (χ4v) is 2.71. The highest BCUT2D eigenvalue weighted by molar-refractivity contribution is 5.73. The van der Waals surface area contributed by atoms with Crippen LogP contribution in [0.1, 0.15) is 24.5 Å². The summed E-state index contributed by atoms with van der Waals surface area (Å²) in [4.78, 5) is 7.13. The van der Waals surface area contributed by atoms with E-state index in [9.17, 15) is 0 Å². The maximum absolute atomic E-state index is 4.68. The second-order valence-corrected chi connectivity index (χ2v) is 4.93. The molecule has 3 heterocycles. The Bertz CT molecular complexity index is 545. The van der Waals surface area contributed by atoms with Crippen LogP contribution in [0, 0.1) is 0 Å². The maximum atomic E-state index is 4.68. The van der Waals surface area contributed by atoms with E-state index >= 15 is 0 Å². The van der Waals surface area contributed by atoms with Crippen LogP contribution in [0.4, 0.5) is 0 Å². The predicted octanol–water partition coefficient (Wildman–Crippen LogP) is 2.32. The predicted molar refractivity (Wildman–Crippen MR) is 72.5 cm³/mol. The van der Waals surface area contributed by atoms with Crippen molar-refractivity contribution < 1.29 is 0 Å². The minimum atomic E-state index is 0.534.